The Bertz CT molecular complexity index is 353. The largest absolute Gasteiger partial charge is 0.381 e. The van der Waals surface area contributed by atoms with Crippen LogP contribution in [-0.2, 0) is 11.2 Å². The van der Waals surface area contributed by atoms with E-state index >= 15 is 0 Å². The standard InChI is InChI=1S/C11H16ClN3O/c1-2-8-7-13-11(12)15-10(8)14-9-3-5-16-6-4-9/h7,9H,2-6H2,1H3,(H,13,14,15). The Hall–Kier alpha value is -0.870. The summed E-state index contributed by atoms with van der Waals surface area (Å²) in [5, 5.41) is 3.72. The van der Waals surface area contributed by atoms with Gasteiger partial charge in [0.2, 0.25) is 5.28 Å². The fraction of sp³-hybridized carbons (Fsp3) is 0.636. The average Bonchev–Trinajstić information content (AvgIpc) is 2.31. The summed E-state index contributed by atoms with van der Waals surface area (Å²) in [5.74, 6) is 0.870. The highest BCUT2D eigenvalue weighted by Gasteiger charge is 2.15. The summed E-state index contributed by atoms with van der Waals surface area (Å²) in [4.78, 5) is 8.23. The number of hydrogen-bond acceptors (Lipinski definition) is 4. The molecule has 1 fully saturated rings. The van der Waals surface area contributed by atoms with Gasteiger partial charge < -0.3 is 10.1 Å². The number of aryl methyl sites for hydroxylation is 1. The predicted octanol–water partition coefficient (Wildman–Crippen LogP) is 2.28. The maximum Gasteiger partial charge on any atom is 0.224 e. The second-order valence-electron chi connectivity index (χ2n) is 3.90. The van der Waals surface area contributed by atoms with E-state index in [9.17, 15) is 0 Å². The van der Waals surface area contributed by atoms with Gasteiger partial charge in [0.1, 0.15) is 5.82 Å². The van der Waals surface area contributed by atoms with Gasteiger partial charge in [0.15, 0.2) is 0 Å². The van der Waals surface area contributed by atoms with Gasteiger partial charge in [-0.15, -0.1) is 0 Å². The molecule has 0 saturated carbocycles. The normalized spacial score (nSPS) is 17.4. The van der Waals surface area contributed by atoms with Crippen molar-refractivity contribution in [2.24, 2.45) is 0 Å². The van der Waals surface area contributed by atoms with E-state index in [-0.39, 0.29) is 0 Å². The zero-order chi connectivity index (χ0) is 11.4. The third kappa shape index (κ3) is 2.83. The van der Waals surface area contributed by atoms with Gasteiger partial charge in [-0.25, -0.2) is 9.97 Å². The van der Waals surface area contributed by atoms with E-state index in [1.807, 2.05) is 0 Å². The molecule has 0 amide bonds. The lowest BCUT2D eigenvalue weighted by Crippen LogP contribution is -2.28. The second-order valence-corrected chi connectivity index (χ2v) is 4.24. The third-order valence-corrected chi connectivity index (χ3v) is 2.96. The average molecular weight is 242 g/mol. The van der Waals surface area contributed by atoms with Crippen LogP contribution in [0.25, 0.3) is 0 Å². The van der Waals surface area contributed by atoms with Crippen LogP contribution in [0.1, 0.15) is 25.3 Å². The summed E-state index contributed by atoms with van der Waals surface area (Å²) in [5.41, 5.74) is 1.11. The minimum absolute atomic E-state index is 0.298. The Labute approximate surface area is 100 Å². The van der Waals surface area contributed by atoms with Crippen molar-refractivity contribution in [3.63, 3.8) is 0 Å². The molecule has 2 rings (SSSR count). The van der Waals surface area contributed by atoms with Crippen molar-refractivity contribution in [1.29, 1.82) is 0 Å². The molecule has 1 aliphatic rings. The molecule has 0 radical (unpaired) electrons. The first-order valence-corrected chi connectivity index (χ1v) is 6.03. The number of halogens is 1. The van der Waals surface area contributed by atoms with Gasteiger partial charge in [0.25, 0.3) is 0 Å². The van der Waals surface area contributed by atoms with Gasteiger partial charge in [0, 0.05) is 31.0 Å². The molecule has 1 N–H and O–H groups in total. The lowest BCUT2D eigenvalue weighted by Gasteiger charge is -2.24. The molecule has 0 bridgehead atoms. The minimum Gasteiger partial charge on any atom is -0.381 e. The molecule has 0 aliphatic carbocycles. The van der Waals surface area contributed by atoms with Gasteiger partial charge in [0.05, 0.1) is 0 Å². The molecule has 0 aromatic carbocycles. The Morgan fingerprint density at radius 1 is 1.50 bits per heavy atom. The molecule has 1 aromatic rings. The molecule has 5 heteroatoms. The van der Waals surface area contributed by atoms with E-state index in [1.165, 1.54) is 0 Å². The summed E-state index contributed by atoms with van der Waals surface area (Å²) >= 11 is 5.80. The Morgan fingerprint density at radius 2 is 2.25 bits per heavy atom. The van der Waals surface area contributed by atoms with E-state index in [1.54, 1.807) is 6.20 Å². The van der Waals surface area contributed by atoms with Gasteiger partial charge in [-0.2, -0.15) is 0 Å². The van der Waals surface area contributed by atoms with Gasteiger partial charge in [-0.05, 0) is 30.9 Å². The number of nitrogens with zero attached hydrogens (tertiary/aromatic N) is 2. The SMILES string of the molecule is CCc1cnc(Cl)nc1NC1CCOCC1. The Morgan fingerprint density at radius 3 is 2.94 bits per heavy atom. The summed E-state index contributed by atoms with van der Waals surface area (Å²) in [7, 11) is 0. The summed E-state index contributed by atoms with van der Waals surface area (Å²) in [6, 6.07) is 0.435. The summed E-state index contributed by atoms with van der Waals surface area (Å²) < 4.78 is 5.32. The van der Waals surface area contributed by atoms with Crippen LogP contribution in [0.15, 0.2) is 6.20 Å². The van der Waals surface area contributed by atoms with Crippen molar-refractivity contribution >= 4 is 17.4 Å². The first-order chi connectivity index (χ1) is 7.79. The Kier molecular flexibility index (Phi) is 3.96. The van der Waals surface area contributed by atoms with E-state index < -0.39 is 0 Å². The van der Waals surface area contributed by atoms with E-state index in [2.05, 4.69) is 22.2 Å². The molecule has 88 valence electrons. The fourth-order valence-corrected chi connectivity index (χ4v) is 1.94. The molecule has 4 nitrogen and oxygen atoms in total. The van der Waals surface area contributed by atoms with Crippen molar-refractivity contribution in [3.05, 3.63) is 17.0 Å². The lowest BCUT2D eigenvalue weighted by atomic mass is 10.1. The highest BCUT2D eigenvalue weighted by molar-refractivity contribution is 6.28. The number of hydrogen-bond donors (Lipinski definition) is 1. The van der Waals surface area contributed by atoms with Crippen molar-refractivity contribution < 1.29 is 4.74 Å². The van der Waals surface area contributed by atoms with Gasteiger partial charge in [-0.1, -0.05) is 6.92 Å². The lowest BCUT2D eigenvalue weighted by molar-refractivity contribution is 0.0903. The van der Waals surface area contributed by atoms with Crippen molar-refractivity contribution in [2.75, 3.05) is 18.5 Å². The van der Waals surface area contributed by atoms with Crippen LogP contribution in [0.4, 0.5) is 5.82 Å². The number of rotatable bonds is 3. The van der Waals surface area contributed by atoms with Crippen molar-refractivity contribution in [3.8, 4) is 0 Å². The molecule has 1 aliphatic heterocycles. The zero-order valence-corrected chi connectivity index (χ0v) is 10.1. The van der Waals surface area contributed by atoms with Crippen LogP contribution in [0.3, 0.4) is 0 Å². The summed E-state index contributed by atoms with van der Waals surface area (Å²) in [6.07, 6.45) is 4.73. The molecule has 16 heavy (non-hydrogen) atoms. The molecule has 2 heterocycles. The molecular formula is C11H16ClN3O. The second kappa shape index (κ2) is 5.46. The van der Waals surface area contributed by atoms with E-state index in [0.29, 0.717) is 11.3 Å². The molecular weight excluding hydrogens is 226 g/mol. The number of aromatic nitrogens is 2. The van der Waals surface area contributed by atoms with Crippen molar-refractivity contribution in [2.45, 2.75) is 32.2 Å². The van der Waals surface area contributed by atoms with Crippen LogP contribution in [0, 0.1) is 0 Å². The number of ether oxygens (including phenoxy) is 1. The zero-order valence-electron chi connectivity index (χ0n) is 9.37. The highest BCUT2D eigenvalue weighted by atomic mass is 35.5. The van der Waals surface area contributed by atoms with Crippen molar-refractivity contribution in [1.82, 2.24) is 9.97 Å². The molecule has 1 aromatic heterocycles. The topological polar surface area (TPSA) is 47.0 Å². The molecule has 0 atom stereocenters. The molecule has 1 saturated heterocycles. The first kappa shape index (κ1) is 11.6. The van der Waals surface area contributed by atoms with Crippen LogP contribution < -0.4 is 5.32 Å². The van der Waals surface area contributed by atoms with Crippen LogP contribution in [-0.4, -0.2) is 29.2 Å². The monoisotopic (exact) mass is 241 g/mol. The van der Waals surface area contributed by atoms with Crippen LogP contribution >= 0.6 is 11.6 Å². The van der Waals surface area contributed by atoms with Gasteiger partial charge >= 0.3 is 0 Å². The van der Waals surface area contributed by atoms with E-state index in [4.69, 9.17) is 16.3 Å². The summed E-state index contributed by atoms with van der Waals surface area (Å²) in [6.45, 7) is 3.72. The van der Waals surface area contributed by atoms with Crippen LogP contribution in [0.2, 0.25) is 5.28 Å². The number of nitrogens with one attached hydrogen (secondary N) is 1. The molecule has 0 unspecified atom stereocenters. The predicted molar refractivity (Wildman–Crippen MR) is 63.9 cm³/mol. The smallest absolute Gasteiger partial charge is 0.224 e. The highest BCUT2D eigenvalue weighted by Crippen LogP contribution is 2.18. The quantitative estimate of drug-likeness (QED) is 0.825. The number of anilines is 1. The Balaban J connectivity index is 2.09. The van der Waals surface area contributed by atoms with Gasteiger partial charge in [-0.3, -0.25) is 0 Å². The fourth-order valence-electron chi connectivity index (χ4n) is 1.80. The van der Waals surface area contributed by atoms with E-state index in [0.717, 1.165) is 43.9 Å². The minimum atomic E-state index is 0.298. The third-order valence-electron chi connectivity index (χ3n) is 2.78. The molecule has 0 spiro atoms. The van der Waals surface area contributed by atoms with Crippen LogP contribution in [0.5, 0.6) is 0 Å². The maximum absolute atomic E-state index is 5.80. The first-order valence-electron chi connectivity index (χ1n) is 5.65. The maximum atomic E-state index is 5.80.